The molecule has 0 spiro atoms. The fourth-order valence-electron chi connectivity index (χ4n) is 2.28. The highest BCUT2D eigenvalue weighted by atomic mass is 16.3. The zero-order chi connectivity index (χ0) is 13.0. The van der Waals surface area contributed by atoms with Crippen molar-refractivity contribution in [3.05, 3.63) is 23.7 Å². The molecule has 0 unspecified atom stereocenters. The maximum Gasteiger partial charge on any atom is 0.122 e. The number of furan rings is 1. The Morgan fingerprint density at radius 3 is 2.83 bits per heavy atom. The van der Waals surface area contributed by atoms with Crippen LogP contribution in [0.4, 0.5) is 0 Å². The van der Waals surface area contributed by atoms with Crippen LogP contribution in [0.1, 0.15) is 44.9 Å². The summed E-state index contributed by atoms with van der Waals surface area (Å²) >= 11 is 0. The molecule has 0 aliphatic heterocycles. The molecule has 0 aromatic carbocycles. The summed E-state index contributed by atoms with van der Waals surface area (Å²) in [6.45, 7) is 10.8. The molecule has 1 fully saturated rings. The number of nitrogens with one attached hydrogen (secondary N) is 1. The molecule has 0 amide bonds. The molecule has 3 nitrogen and oxygen atoms in total. The van der Waals surface area contributed by atoms with Gasteiger partial charge in [-0.25, -0.2) is 0 Å². The van der Waals surface area contributed by atoms with E-state index in [2.05, 4.69) is 37.1 Å². The van der Waals surface area contributed by atoms with Crippen LogP contribution in [0.2, 0.25) is 0 Å². The van der Waals surface area contributed by atoms with Crippen molar-refractivity contribution >= 4 is 0 Å². The van der Waals surface area contributed by atoms with Crippen molar-refractivity contribution in [2.45, 2.75) is 52.7 Å². The van der Waals surface area contributed by atoms with E-state index in [1.807, 2.05) is 6.26 Å². The lowest BCUT2D eigenvalue weighted by Crippen LogP contribution is -2.26. The SMILES string of the molecule is CCN(Cc1occc1CNCC(C)C)C1CC1. The van der Waals surface area contributed by atoms with E-state index < -0.39 is 0 Å². The molecule has 0 radical (unpaired) electrons. The molecule has 2 rings (SSSR count). The third-order valence-electron chi connectivity index (χ3n) is 3.52. The smallest absolute Gasteiger partial charge is 0.122 e. The Hall–Kier alpha value is -0.800. The Morgan fingerprint density at radius 2 is 2.22 bits per heavy atom. The molecule has 1 aliphatic carbocycles. The van der Waals surface area contributed by atoms with Gasteiger partial charge in [0.25, 0.3) is 0 Å². The minimum atomic E-state index is 0.693. The van der Waals surface area contributed by atoms with Gasteiger partial charge in [0.05, 0.1) is 12.8 Å². The average molecular weight is 250 g/mol. The molecule has 3 heteroatoms. The maximum atomic E-state index is 5.65. The molecule has 0 bridgehead atoms. The molecule has 102 valence electrons. The molecule has 1 N–H and O–H groups in total. The van der Waals surface area contributed by atoms with Gasteiger partial charge in [-0.3, -0.25) is 4.90 Å². The minimum Gasteiger partial charge on any atom is -0.468 e. The van der Waals surface area contributed by atoms with Crippen LogP contribution in [0.25, 0.3) is 0 Å². The van der Waals surface area contributed by atoms with Gasteiger partial charge < -0.3 is 9.73 Å². The van der Waals surface area contributed by atoms with Gasteiger partial charge in [-0.05, 0) is 37.9 Å². The molecule has 1 aliphatic rings. The van der Waals surface area contributed by atoms with Crippen LogP contribution in [0.15, 0.2) is 16.7 Å². The first kappa shape index (κ1) is 13.6. The van der Waals surface area contributed by atoms with E-state index in [1.165, 1.54) is 18.4 Å². The second-order valence-corrected chi connectivity index (χ2v) is 5.69. The van der Waals surface area contributed by atoms with Crippen LogP contribution in [0, 0.1) is 5.92 Å². The van der Waals surface area contributed by atoms with Crippen molar-refractivity contribution in [1.82, 2.24) is 10.2 Å². The van der Waals surface area contributed by atoms with Gasteiger partial charge in [0, 0.05) is 18.2 Å². The summed E-state index contributed by atoms with van der Waals surface area (Å²) in [6.07, 6.45) is 4.54. The summed E-state index contributed by atoms with van der Waals surface area (Å²) in [4.78, 5) is 2.52. The zero-order valence-corrected chi connectivity index (χ0v) is 11.9. The maximum absolute atomic E-state index is 5.65. The quantitative estimate of drug-likeness (QED) is 0.769. The van der Waals surface area contributed by atoms with Gasteiger partial charge in [0.15, 0.2) is 0 Å². The lowest BCUT2D eigenvalue weighted by molar-refractivity contribution is 0.244. The largest absolute Gasteiger partial charge is 0.468 e. The highest BCUT2D eigenvalue weighted by Gasteiger charge is 2.28. The lowest BCUT2D eigenvalue weighted by atomic mass is 10.2. The predicted octanol–water partition coefficient (Wildman–Crippen LogP) is 3.01. The van der Waals surface area contributed by atoms with Crippen molar-refractivity contribution in [2.75, 3.05) is 13.1 Å². The molecular formula is C15H26N2O. The Bertz CT molecular complexity index is 355. The average Bonchev–Trinajstić information content (AvgIpc) is 3.08. The summed E-state index contributed by atoms with van der Waals surface area (Å²) in [6, 6.07) is 2.90. The van der Waals surface area contributed by atoms with Crippen LogP contribution >= 0.6 is 0 Å². The molecule has 0 atom stereocenters. The van der Waals surface area contributed by atoms with E-state index >= 15 is 0 Å². The third kappa shape index (κ3) is 3.85. The Labute approximate surface area is 111 Å². The Morgan fingerprint density at radius 1 is 1.44 bits per heavy atom. The van der Waals surface area contributed by atoms with Crippen LogP contribution < -0.4 is 5.32 Å². The summed E-state index contributed by atoms with van der Waals surface area (Å²) in [5.74, 6) is 1.83. The molecule has 1 aromatic rings. The molecule has 1 saturated carbocycles. The van der Waals surface area contributed by atoms with Crippen molar-refractivity contribution < 1.29 is 4.42 Å². The van der Waals surface area contributed by atoms with Crippen LogP contribution in [0.3, 0.4) is 0 Å². The third-order valence-corrected chi connectivity index (χ3v) is 3.52. The molecule has 1 aromatic heterocycles. The fourth-order valence-corrected chi connectivity index (χ4v) is 2.28. The first-order chi connectivity index (χ1) is 8.70. The second-order valence-electron chi connectivity index (χ2n) is 5.69. The first-order valence-corrected chi connectivity index (χ1v) is 7.20. The van der Waals surface area contributed by atoms with Crippen LogP contribution in [-0.4, -0.2) is 24.0 Å². The minimum absolute atomic E-state index is 0.693. The van der Waals surface area contributed by atoms with Gasteiger partial charge in [-0.15, -0.1) is 0 Å². The lowest BCUT2D eigenvalue weighted by Gasteiger charge is -2.19. The van der Waals surface area contributed by atoms with Gasteiger partial charge >= 0.3 is 0 Å². The first-order valence-electron chi connectivity index (χ1n) is 7.20. The number of hydrogen-bond acceptors (Lipinski definition) is 3. The van der Waals surface area contributed by atoms with Gasteiger partial charge in [0.2, 0.25) is 0 Å². The van der Waals surface area contributed by atoms with Crippen molar-refractivity contribution in [2.24, 2.45) is 5.92 Å². The summed E-state index contributed by atoms with van der Waals surface area (Å²) in [7, 11) is 0. The second kappa shape index (κ2) is 6.39. The van der Waals surface area contributed by atoms with E-state index in [4.69, 9.17) is 4.42 Å². The molecule has 0 saturated heterocycles. The summed E-state index contributed by atoms with van der Waals surface area (Å²) < 4.78 is 5.65. The predicted molar refractivity (Wildman–Crippen MR) is 74.4 cm³/mol. The van der Waals surface area contributed by atoms with Crippen molar-refractivity contribution in [1.29, 1.82) is 0 Å². The van der Waals surface area contributed by atoms with Crippen molar-refractivity contribution in [3.8, 4) is 0 Å². The Kier molecular flexibility index (Phi) is 4.84. The zero-order valence-electron chi connectivity index (χ0n) is 11.9. The summed E-state index contributed by atoms with van der Waals surface area (Å²) in [5.41, 5.74) is 1.31. The van der Waals surface area contributed by atoms with Crippen molar-refractivity contribution in [3.63, 3.8) is 0 Å². The number of hydrogen-bond donors (Lipinski definition) is 1. The highest BCUT2D eigenvalue weighted by molar-refractivity contribution is 5.17. The van der Waals surface area contributed by atoms with E-state index in [0.29, 0.717) is 5.92 Å². The van der Waals surface area contributed by atoms with E-state index in [9.17, 15) is 0 Å². The topological polar surface area (TPSA) is 28.4 Å². The van der Waals surface area contributed by atoms with Gasteiger partial charge in [-0.2, -0.15) is 0 Å². The van der Waals surface area contributed by atoms with E-state index in [-0.39, 0.29) is 0 Å². The molecular weight excluding hydrogens is 224 g/mol. The van der Waals surface area contributed by atoms with E-state index in [1.54, 1.807) is 0 Å². The normalized spacial score (nSPS) is 15.8. The number of nitrogens with zero attached hydrogens (tertiary/aromatic N) is 1. The molecule has 18 heavy (non-hydrogen) atoms. The standard InChI is InChI=1S/C15H26N2O/c1-4-17(14-5-6-14)11-15-13(7-8-18-15)10-16-9-12(2)3/h7-8,12,14,16H,4-6,9-11H2,1-3H3. The van der Waals surface area contributed by atoms with Crippen LogP contribution in [-0.2, 0) is 13.1 Å². The van der Waals surface area contributed by atoms with Gasteiger partial charge in [0.1, 0.15) is 5.76 Å². The highest BCUT2D eigenvalue weighted by Crippen LogP contribution is 2.28. The molecule has 1 heterocycles. The van der Waals surface area contributed by atoms with Gasteiger partial charge in [-0.1, -0.05) is 20.8 Å². The van der Waals surface area contributed by atoms with Crippen LogP contribution in [0.5, 0.6) is 0 Å². The Balaban J connectivity index is 1.86. The number of rotatable bonds is 8. The fraction of sp³-hybridized carbons (Fsp3) is 0.733. The summed E-state index contributed by atoms with van der Waals surface area (Å²) in [5, 5.41) is 3.49. The monoisotopic (exact) mass is 250 g/mol. The van der Waals surface area contributed by atoms with E-state index in [0.717, 1.165) is 38.0 Å².